The first-order chi connectivity index (χ1) is 19.9. The van der Waals surface area contributed by atoms with Crippen molar-refractivity contribution in [2.45, 2.75) is 39.1 Å². The molecule has 1 aromatic heterocycles. The molecule has 6 rings (SSSR count). The van der Waals surface area contributed by atoms with Crippen LogP contribution in [-0.4, -0.2) is 85.3 Å². The molecule has 2 aliphatic heterocycles. The van der Waals surface area contributed by atoms with E-state index in [0.29, 0.717) is 13.1 Å². The monoisotopic (exact) mass is 569 g/mol. The Labute approximate surface area is 244 Å². The average Bonchev–Trinajstić information content (AvgIpc) is 3.44. The number of amides is 4. The topological polar surface area (TPSA) is 125 Å². The standard InChI is InChI=1S/C30H31N7O4.CH4/c1-34-19-28(39)36-26(14-20-8-11-24(38)12-9-20)29(40)35(17-22-7-10-23-16-32-33-25(23)13-22)18-27(36)37(34)30(41)31-15-21-5-3-2-4-6-21;/h2-13,16,26-27,38H,14-15,17-19H2,1H3,(H,31,41)(H,32,33);1H4/t26-,27-;/m0./s1. The van der Waals surface area contributed by atoms with Crippen LogP contribution in [0, 0.1) is 0 Å². The van der Waals surface area contributed by atoms with Crippen LogP contribution < -0.4 is 5.32 Å². The minimum atomic E-state index is -0.820. The van der Waals surface area contributed by atoms with Gasteiger partial charge in [0, 0.05) is 31.9 Å². The molecular formula is C31H35N7O4. The second kappa shape index (κ2) is 11.9. The number of phenols is 1. The number of phenolic OH excluding ortho intramolecular Hbond substituents is 1. The molecule has 0 radical (unpaired) electrons. The van der Waals surface area contributed by atoms with Gasteiger partial charge in [0.05, 0.1) is 24.8 Å². The number of rotatable bonds is 6. The van der Waals surface area contributed by atoms with Gasteiger partial charge >= 0.3 is 6.03 Å². The molecule has 0 bridgehead atoms. The number of hydrogen-bond acceptors (Lipinski definition) is 6. The van der Waals surface area contributed by atoms with Gasteiger partial charge in [0.1, 0.15) is 18.0 Å². The van der Waals surface area contributed by atoms with E-state index in [1.807, 2.05) is 48.5 Å². The lowest BCUT2D eigenvalue weighted by molar-refractivity contribution is -0.187. The van der Waals surface area contributed by atoms with Gasteiger partial charge in [0.15, 0.2) is 0 Å². The lowest BCUT2D eigenvalue weighted by Gasteiger charge is -2.54. The summed E-state index contributed by atoms with van der Waals surface area (Å²) in [7, 11) is 1.71. The molecule has 2 atom stereocenters. The van der Waals surface area contributed by atoms with Gasteiger partial charge in [-0.05, 0) is 34.9 Å². The Bertz CT molecular complexity index is 1570. The number of H-pyrrole nitrogens is 1. The molecule has 0 unspecified atom stereocenters. The quantitative estimate of drug-likeness (QED) is 0.328. The molecule has 3 aromatic carbocycles. The van der Waals surface area contributed by atoms with Crippen LogP contribution in [0.5, 0.6) is 5.75 Å². The molecule has 0 saturated carbocycles. The van der Waals surface area contributed by atoms with Crippen LogP contribution in [0.3, 0.4) is 0 Å². The Balaban J connectivity index is 0.00000353. The fourth-order valence-corrected chi connectivity index (χ4v) is 5.66. The number of nitrogens with one attached hydrogen (secondary N) is 2. The molecule has 42 heavy (non-hydrogen) atoms. The molecule has 3 N–H and O–H groups in total. The van der Waals surface area contributed by atoms with Crippen molar-refractivity contribution in [3.63, 3.8) is 0 Å². The van der Waals surface area contributed by atoms with E-state index in [1.165, 1.54) is 0 Å². The number of aromatic nitrogens is 2. The maximum atomic E-state index is 14.0. The Morgan fingerprint density at radius 2 is 1.76 bits per heavy atom. The average molecular weight is 570 g/mol. The zero-order valence-electron chi connectivity index (χ0n) is 22.6. The first kappa shape index (κ1) is 28.6. The van der Waals surface area contributed by atoms with Crippen molar-refractivity contribution in [1.82, 2.24) is 35.3 Å². The van der Waals surface area contributed by atoms with Crippen molar-refractivity contribution in [2.75, 3.05) is 20.1 Å². The number of hydrazine groups is 1. The summed E-state index contributed by atoms with van der Waals surface area (Å²) in [4.78, 5) is 44.4. The largest absolute Gasteiger partial charge is 0.508 e. The van der Waals surface area contributed by atoms with Gasteiger partial charge in [-0.25, -0.2) is 14.8 Å². The lowest BCUT2D eigenvalue weighted by atomic mass is 9.98. The summed E-state index contributed by atoms with van der Waals surface area (Å²) in [5.74, 6) is -0.295. The van der Waals surface area contributed by atoms with Crippen LogP contribution in [0.15, 0.2) is 79.0 Å². The number of aromatic amines is 1. The predicted octanol–water partition coefficient (Wildman–Crippen LogP) is 3.08. The van der Waals surface area contributed by atoms with E-state index in [4.69, 9.17) is 0 Å². The normalized spacial score (nSPS) is 19.0. The molecule has 0 aliphatic carbocycles. The second-order valence-corrected chi connectivity index (χ2v) is 10.5. The third-order valence-electron chi connectivity index (χ3n) is 7.68. The Morgan fingerprint density at radius 1 is 1.02 bits per heavy atom. The fraction of sp³-hybridized carbons (Fsp3) is 0.290. The Kier molecular flexibility index (Phi) is 8.12. The fourth-order valence-electron chi connectivity index (χ4n) is 5.66. The third kappa shape index (κ3) is 5.64. The zero-order valence-corrected chi connectivity index (χ0v) is 22.6. The minimum absolute atomic E-state index is 0. The highest BCUT2D eigenvalue weighted by atomic mass is 16.3. The Morgan fingerprint density at radius 3 is 2.52 bits per heavy atom. The van der Waals surface area contributed by atoms with E-state index >= 15 is 0 Å². The zero-order chi connectivity index (χ0) is 28.5. The highest BCUT2D eigenvalue weighted by Crippen LogP contribution is 2.29. The Hall–Kier alpha value is -4.90. The van der Waals surface area contributed by atoms with E-state index in [9.17, 15) is 19.5 Å². The number of carbonyl (C=O) groups is 3. The van der Waals surface area contributed by atoms with Gasteiger partial charge in [-0.1, -0.05) is 62.0 Å². The molecular weight excluding hydrogens is 534 g/mol. The van der Waals surface area contributed by atoms with Crippen molar-refractivity contribution in [1.29, 1.82) is 0 Å². The van der Waals surface area contributed by atoms with Gasteiger partial charge in [0.25, 0.3) is 0 Å². The summed E-state index contributed by atoms with van der Waals surface area (Å²) in [5.41, 5.74) is 3.52. The summed E-state index contributed by atoms with van der Waals surface area (Å²) in [6.45, 7) is 0.752. The van der Waals surface area contributed by atoms with Crippen LogP contribution in [0.25, 0.3) is 10.9 Å². The number of likely N-dealkylation sites (N-methyl/N-ethyl adjacent to an activating group) is 1. The van der Waals surface area contributed by atoms with Crippen LogP contribution in [-0.2, 0) is 29.1 Å². The molecule has 2 fully saturated rings. The van der Waals surface area contributed by atoms with Crippen molar-refractivity contribution < 1.29 is 19.5 Å². The first-order valence-electron chi connectivity index (χ1n) is 13.5. The van der Waals surface area contributed by atoms with E-state index in [1.54, 1.807) is 57.3 Å². The third-order valence-corrected chi connectivity index (χ3v) is 7.68. The summed E-state index contributed by atoms with van der Waals surface area (Å²) >= 11 is 0. The summed E-state index contributed by atoms with van der Waals surface area (Å²) in [5, 5.41) is 23.9. The van der Waals surface area contributed by atoms with Crippen molar-refractivity contribution in [3.8, 4) is 5.75 Å². The van der Waals surface area contributed by atoms with Crippen molar-refractivity contribution in [3.05, 3.63) is 95.7 Å². The number of benzene rings is 3. The number of urea groups is 1. The molecule has 0 spiro atoms. The molecule has 11 nitrogen and oxygen atoms in total. The van der Waals surface area contributed by atoms with E-state index in [0.717, 1.165) is 27.6 Å². The maximum absolute atomic E-state index is 14.0. The van der Waals surface area contributed by atoms with Gasteiger partial charge in [-0.2, -0.15) is 5.10 Å². The minimum Gasteiger partial charge on any atom is -0.508 e. The summed E-state index contributed by atoms with van der Waals surface area (Å²) < 4.78 is 0. The first-order valence-corrected chi connectivity index (χ1v) is 13.5. The molecule has 11 heteroatoms. The molecule has 4 aromatic rings. The predicted molar refractivity (Wildman–Crippen MR) is 158 cm³/mol. The molecule has 218 valence electrons. The number of piperazine rings is 1. The van der Waals surface area contributed by atoms with Crippen LogP contribution in [0.4, 0.5) is 4.79 Å². The summed E-state index contributed by atoms with van der Waals surface area (Å²) in [6, 6.07) is 20.9. The number of aromatic hydroxyl groups is 1. The highest BCUT2D eigenvalue weighted by molar-refractivity contribution is 5.91. The van der Waals surface area contributed by atoms with Crippen LogP contribution >= 0.6 is 0 Å². The van der Waals surface area contributed by atoms with Gasteiger partial charge in [0.2, 0.25) is 11.8 Å². The number of hydrogen-bond donors (Lipinski definition) is 3. The van der Waals surface area contributed by atoms with Crippen LogP contribution in [0.1, 0.15) is 24.1 Å². The van der Waals surface area contributed by atoms with E-state index < -0.39 is 12.2 Å². The molecule has 4 amide bonds. The maximum Gasteiger partial charge on any atom is 0.334 e. The number of nitrogens with zero attached hydrogens (tertiary/aromatic N) is 5. The van der Waals surface area contributed by atoms with Gasteiger partial charge in [-0.15, -0.1) is 0 Å². The highest BCUT2D eigenvalue weighted by Gasteiger charge is 2.50. The van der Waals surface area contributed by atoms with Crippen LogP contribution in [0.2, 0.25) is 0 Å². The molecule has 2 saturated heterocycles. The van der Waals surface area contributed by atoms with Gasteiger partial charge < -0.3 is 20.2 Å². The van der Waals surface area contributed by atoms with E-state index in [-0.39, 0.29) is 50.5 Å². The smallest absolute Gasteiger partial charge is 0.334 e. The van der Waals surface area contributed by atoms with Crippen molar-refractivity contribution >= 4 is 28.7 Å². The van der Waals surface area contributed by atoms with Gasteiger partial charge in [-0.3, -0.25) is 14.7 Å². The summed E-state index contributed by atoms with van der Waals surface area (Å²) in [6.07, 6.45) is 1.29. The van der Waals surface area contributed by atoms with Crippen molar-refractivity contribution in [2.24, 2.45) is 0 Å². The second-order valence-electron chi connectivity index (χ2n) is 10.5. The lowest BCUT2D eigenvalue weighted by Crippen LogP contribution is -2.76. The molecule has 2 aliphatic rings. The molecule has 3 heterocycles. The number of fused-ring (bicyclic) bond motifs is 2. The SMILES string of the molecule is C.CN1CC(=O)N2[C@@H](Cc3ccc(O)cc3)C(=O)N(Cc3ccc4cn[nH]c4c3)C[C@@H]2N1C(=O)NCc1ccccc1. The van der Waals surface area contributed by atoms with E-state index in [2.05, 4.69) is 15.5 Å². The number of carbonyl (C=O) groups excluding carboxylic acids is 3.